The van der Waals surface area contributed by atoms with Crippen molar-refractivity contribution in [3.05, 3.63) is 23.0 Å². The summed E-state index contributed by atoms with van der Waals surface area (Å²) < 4.78 is 0. The molecular weight excluding hydrogens is 176 g/mol. The standard InChI is InChI=1S/C8H11ClN2O/c9-8-7(12)4-3-6(11-8)2-1-5-10/h3-4,12H,1-2,5,10H2. The Bertz CT molecular complexity index is 265. The molecule has 0 bridgehead atoms. The van der Waals surface area contributed by atoms with E-state index in [0.717, 1.165) is 18.5 Å². The highest BCUT2D eigenvalue weighted by Crippen LogP contribution is 2.20. The number of aromatic nitrogens is 1. The van der Waals surface area contributed by atoms with Crippen LogP contribution < -0.4 is 5.73 Å². The third-order valence-electron chi connectivity index (χ3n) is 1.52. The van der Waals surface area contributed by atoms with E-state index in [9.17, 15) is 0 Å². The quantitative estimate of drug-likeness (QED) is 0.701. The number of nitrogens with zero attached hydrogens (tertiary/aromatic N) is 1. The van der Waals surface area contributed by atoms with Crippen molar-refractivity contribution in [3.8, 4) is 5.75 Å². The molecule has 0 amide bonds. The van der Waals surface area contributed by atoms with Crippen LogP contribution >= 0.6 is 11.6 Å². The van der Waals surface area contributed by atoms with Gasteiger partial charge in [0.25, 0.3) is 0 Å². The Morgan fingerprint density at radius 1 is 1.50 bits per heavy atom. The number of aromatic hydroxyl groups is 1. The van der Waals surface area contributed by atoms with Crippen LogP contribution in [0, 0.1) is 0 Å². The maximum atomic E-state index is 9.05. The Morgan fingerprint density at radius 2 is 2.25 bits per heavy atom. The summed E-state index contributed by atoms with van der Waals surface area (Å²) in [4.78, 5) is 3.97. The zero-order chi connectivity index (χ0) is 8.97. The summed E-state index contributed by atoms with van der Waals surface area (Å²) in [5.41, 5.74) is 6.20. The lowest BCUT2D eigenvalue weighted by Gasteiger charge is -2.00. The summed E-state index contributed by atoms with van der Waals surface area (Å²) in [5.74, 6) is 0.0214. The highest BCUT2D eigenvalue weighted by Gasteiger charge is 2.00. The van der Waals surface area contributed by atoms with Crippen molar-refractivity contribution in [2.75, 3.05) is 6.54 Å². The zero-order valence-electron chi connectivity index (χ0n) is 6.63. The van der Waals surface area contributed by atoms with Gasteiger partial charge in [-0.1, -0.05) is 11.6 Å². The van der Waals surface area contributed by atoms with Gasteiger partial charge in [-0.2, -0.15) is 0 Å². The first-order valence-electron chi connectivity index (χ1n) is 3.78. The van der Waals surface area contributed by atoms with Gasteiger partial charge >= 0.3 is 0 Å². The molecule has 0 aromatic carbocycles. The lowest BCUT2D eigenvalue weighted by molar-refractivity contribution is 0.472. The van der Waals surface area contributed by atoms with Crippen molar-refractivity contribution in [3.63, 3.8) is 0 Å². The van der Waals surface area contributed by atoms with Crippen LogP contribution in [-0.2, 0) is 6.42 Å². The van der Waals surface area contributed by atoms with Crippen LogP contribution in [0.15, 0.2) is 12.1 Å². The number of aryl methyl sites for hydroxylation is 1. The fourth-order valence-corrected chi connectivity index (χ4v) is 1.06. The summed E-state index contributed by atoms with van der Waals surface area (Å²) in [6.45, 7) is 0.639. The molecule has 3 N–H and O–H groups in total. The molecule has 0 aliphatic carbocycles. The molecule has 0 unspecified atom stereocenters. The lowest BCUT2D eigenvalue weighted by Crippen LogP contribution is -2.01. The van der Waals surface area contributed by atoms with Crippen molar-refractivity contribution in [2.45, 2.75) is 12.8 Å². The largest absolute Gasteiger partial charge is 0.505 e. The van der Waals surface area contributed by atoms with E-state index in [4.69, 9.17) is 22.4 Å². The van der Waals surface area contributed by atoms with Crippen LogP contribution in [0.2, 0.25) is 5.15 Å². The van der Waals surface area contributed by atoms with E-state index in [1.165, 1.54) is 0 Å². The molecule has 1 aromatic heterocycles. The number of pyridine rings is 1. The Balaban J connectivity index is 2.69. The molecule has 3 nitrogen and oxygen atoms in total. The minimum Gasteiger partial charge on any atom is -0.505 e. The first-order valence-corrected chi connectivity index (χ1v) is 4.16. The summed E-state index contributed by atoms with van der Waals surface area (Å²) >= 11 is 5.60. The van der Waals surface area contributed by atoms with Gasteiger partial charge in [0, 0.05) is 5.69 Å². The number of rotatable bonds is 3. The highest BCUT2D eigenvalue weighted by molar-refractivity contribution is 6.30. The second-order valence-electron chi connectivity index (χ2n) is 2.50. The van der Waals surface area contributed by atoms with Gasteiger partial charge in [0.1, 0.15) is 0 Å². The van der Waals surface area contributed by atoms with Gasteiger partial charge in [0.05, 0.1) is 0 Å². The van der Waals surface area contributed by atoms with Crippen LogP contribution in [-0.4, -0.2) is 16.6 Å². The molecule has 1 aromatic rings. The van der Waals surface area contributed by atoms with Crippen molar-refractivity contribution >= 4 is 11.6 Å². The Morgan fingerprint density at radius 3 is 2.83 bits per heavy atom. The zero-order valence-corrected chi connectivity index (χ0v) is 7.38. The van der Waals surface area contributed by atoms with E-state index in [0.29, 0.717) is 6.54 Å². The number of hydrogen-bond acceptors (Lipinski definition) is 3. The smallest absolute Gasteiger partial charge is 0.171 e. The van der Waals surface area contributed by atoms with Crippen molar-refractivity contribution in [2.24, 2.45) is 5.73 Å². The molecule has 4 heteroatoms. The van der Waals surface area contributed by atoms with Crippen LogP contribution in [0.1, 0.15) is 12.1 Å². The minimum atomic E-state index is 0.0214. The fraction of sp³-hybridized carbons (Fsp3) is 0.375. The molecule has 12 heavy (non-hydrogen) atoms. The Kier molecular flexibility index (Phi) is 3.31. The predicted octanol–water partition coefficient (Wildman–Crippen LogP) is 1.33. The third kappa shape index (κ3) is 2.36. The molecule has 66 valence electrons. The average Bonchev–Trinajstić information content (AvgIpc) is 2.07. The third-order valence-corrected chi connectivity index (χ3v) is 1.80. The molecule has 0 saturated carbocycles. The summed E-state index contributed by atoms with van der Waals surface area (Å²) in [6, 6.07) is 3.29. The van der Waals surface area contributed by atoms with Crippen LogP contribution in [0.5, 0.6) is 5.75 Å². The van der Waals surface area contributed by atoms with Gasteiger partial charge in [0.15, 0.2) is 10.9 Å². The van der Waals surface area contributed by atoms with Gasteiger partial charge in [-0.05, 0) is 31.5 Å². The maximum Gasteiger partial charge on any atom is 0.171 e. The van der Waals surface area contributed by atoms with E-state index < -0.39 is 0 Å². The van der Waals surface area contributed by atoms with E-state index in [2.05, 4.69) is 4.98 Å². The van der Waals surface area contributed by atoms with E-state index >= 15 is 0 Å². The van der Waals surface area contributed by atoms with Gasteiger partial charge in [0.2, 0.25) is 0 Å². The lowest BCUT2D eigenvalue weighted by atomic mass is 10.2. The van der Waals surface area contributed by atoms with Crippen molar-refractivity contribution < 1.29 is 5.11 Å². The molecule has 0 fully saturated rings. The van der Waals surface area contributed by atoms with Gasteiger partial charge in [-0.25, -0.2) is 4.98 Å². The van der Waals surface area contributed by atoms with Crippen LogP contribution in [0.25, 0.3) is 0 Å². The number of hydrogen-bond donors (Lipinski definition) is 2. The first kappa shape index (κ1) is 9.29. The van der Waals surface area contributed by atoms with E-state index in [1.54, 1.807) is 12.1 Å². The second-order valence-corrected chi connectivity index (χ2v) is 2.86. The number of nitrogens with two attached hydrogens (primary N) is 1. The number of halogens is 1. The fourth-order valence-electron chi connectivity index (χ4n) is 0.887. The van der Waals surface area contributed by atoms with Crippen molar-refractivity contribution in [1.29, 1.82) is 0 Å². The topological polar surface area (TPSA) is 59.1 Å². The van der Waals surface area contributed by atoms with E-state index in [1.807, 2.05) is 0 Å². The molecule has 1 heterocycles. The van der Waals surface area contributed by atoms with Gasteiger partial charge in [-0.15, -0.1) is 0 Å². The predicted molar refractivity (Wildman–Crippen MR) is 48.3 cm³/mol. The van der Waals surface area contributed by atoms with Crippen LogP contribution in [0.3, 0.4) is 0 Å². The second kappa shape index (κ2) is 4.28. The molecule has 0 aliphatic heterocycles. The van der Waals surface area contributed by atoms with Crippen molar-refractivity contribution in [1.82, 2.24) is 4.98 Å². The summed E-state index contributed by atoms with van der Waals surface area (Å²) in [5, 5.41) is 9.21. The summed E-state index contributed by atoms with van der Waals surface area (Å²) in [7, 11) is 0. The Hall–Kier alpha value is -0.800. The normalized spacial score (nSPS) is 10.2. The molecule has 1 rings (SSSR count). The van der Waals surface area contributed by atoms with E-state index in [-0.39, 0.29) is 10.9 Å². The SMILES string of the molecule is NCCCc1ccc(O)c(Cl)n1. The maximum absolute atomic E-state index is 9.05. The summed E-state index contributed by atoms with van der Waals surface area (Å²) in [6.07, 6.45) is 1.69. The average molecular weight is 187 g/mol. The minimum absolute atomic E-state index is 0.0214. The first-order chi connectivity index (χ1) is 5.74. The molecule has 0 atom stereocenters. The van der Waals surface area contributed by atoms with Gasteiger partial charge in [-0.3, -0.25) is 0 Å². The molecule has 0 radical (unpaired) electrons. The molecule has 0 aliphatic rings. The Labute approximate surface area is 76.2 Å². The highest BCUT2D eigenvalue weighted by atomic mass is 35.5. The molecular formula is C8H11ClN2O. The molecule has 0 spiro atoms. The molecule has 0 saturated heterocycles. The van der Waals surface area contributed by atoms with Crippen LogP contribution in [0.4, 0.5) is 0 Å². The monoisotopic (exact) mass is 186 g/mol. The van der Waals surface area contributed by atoms with Gasteiger partial charge < -0.3 is 10.8 Å².